The Bertz CT molecular complexity index is 868. The Kier molecular flexibility index (Phi) is 6.32. The number of carbonyl (C=O) groups excluding carboxylic acids is 1. The molecule has 2 N–H and O–H groups in total. The largest absolute Gasteiger partial charge is 0.488 e. The zero-order valence-electron chi connectivity index (χ0n) is 14.1. The summed E-state index contributed by atoms with van der Waals surface area (Å²) < 4.78 is 44.4. The molecule has 0 bridgehead atoms. The molecule has 0 aliphatic heterocycles. The average molecular weight is 402 g/mol. The topological polar surface area (TPSA) is 75.6 Å². The summed E-state index contributed by atoms with van der Waals surface area (Å²) in [5.74, 6) is -2.07. The molecular formula is C18H15ClF3NO4. The van der Waals surface area contributed by atoms with Crippen molar-refractivity contribution in [2.45, 2.75) is 26.1 Å². The molecule has 0 saturated carbocycles. The third kappa shape index (κ3) is 5.37. The van der Waals surface area contributed by atoms with Gasteiger partial charge in [-0.15, -0.1) is 0 Å². The monoisotopic (exact) mass is 401 g/mol. The highest BCUT2D eigenvalue weighted by Crippen LogP contribution is 2.38. The molecule has 0 heterocycles. The van der Waals surface area contributed by atoms with E-state index in [1.165, 1.54) is 24.3 Å². The number of aromatic carboxylic acids is 1. The Morgan fingerprint density at radius 3 is 2.48 bits per heavy atom. The van der Waals surface area contributed by atoms with Crippen LogP contribution in [-0.4, -0.2) is 17.0 Å². The predicted molar refractivity (Wildman–Crippen MR) is 93.1 cm³/mol. The van der Waals surface area contributed by atoms with Crippen LogP contribution in [0.15, 0.2) is 36.4 Å². The van der Waals surface area contributed by atoms with Gasteiger partial charge < -0.3 is 15.2 Å². The fraction of sp³-hybridized carbons (Fsp3) is 0.222. The van der Waals surface area contributed by atoms with E-state index in [1.54, 1.807) is 6.92 Å². The maximum Gasteiger partial charge on any atom is 0.420 e. The summed E-state index contributed by atoms with van der Waals surface area (Å²) in [6.07, 6.45) is -4.48. The van der Waals surface area contributed by atoms with Crippen LogP contribution in [0.3, 0.4) is 0 Å². The van der Waals surface area contributed by atoms with E-state index in [-0.39, 0.29) is 35.2 Å². The minimum atomic E-state index is -4.65. The van der Waals surface area contributed by atoms with Crippen molar-refractivity contribution in [3.8, 4) is 5.75 Å². The maximum absolute atomic E-state index is 13.1. The van der Waals surface area contributed by atoms with Gasteiger partial charge in [0.1, 0.15) is 12.4 Å². The lowest BCUT2D eigenvalue weighted by molar-refractivity contribution is -0.139. The Balaban J connectivity index is 2.25. The Morgan fingerprint density at radius 1 is 1.19 bits per heavy atom. The van der Waals surface area contributed by atoms with Crippen LogP contribution in [0.4, 0.5) is 18.9 Å². The molecule has 0 unspecified atom stereocenters. The molecule has 5 nitrogen and oxygen atoms in total. The van der Waals surface area contributed by atoms with Crippen LogP contribution in [-0.2, 0) is 17.6 Å². The number of hydrogen-bond donors (Lipinski definition) is 2. The first-order valence-electron chi connectivity index (χ1n) is 7.77. The third-order valence-corrected chi connectivity index (χ3v) is 3.79. The van der Waals surface area contributed by atoms with Crippen molar-refractivity contribution in [3.05, 3.63) is 58.1 Å². The molecule has 0 fully saturated rings. The second-order valence-electron chi connectivity index (χ2n) is 5.51. The van der Waals surface area contributed by atoms with Gasteiger partial charge in [-0.3, -0.25) is 4.79 Å². The van der Waals surface area contributed by atoms with E-state index in [0.29, 0.717) is 5.56 Å². The van der Waals surface area contributed by atoms with Crippen molar-refractivity contribution in [1.82, 2.24) is 0 Å². The van der Waals surface area contributed by atoms with Crippen molar-refractivity contribution in [3.63, 3.8) is 0 Å². The molecule has 27 heavy (non-hydrogen) atoms. The molecule has 0 aliphatic rings. The summed E-state index contributed by atoms with van der Waals surface area (Å²) in [6, 6.07) is 7.17. The number of nitrogens with one attached hydrogen (secondary N) is 1. The van der Waals surface area contributed by atoms with E-state index in [2.05, 4.69) is 5.32 Å². The van der Waals surface area contributed by atoms with Crippen LogP contribution in [0.5, 0.6) is 5.75 Å². The molecule has 9 heteroatoms. The number of hydrogen-bond acceptors (Lipinski definition) is 3. The first-order valence-corrected chi connectivity index (χ1v) is 8.15. The zero-order valence-corrected chi connectivity index (χ0v) is 14.8. The number of ether oxygens (including phenoxy) is 1. The van der Waals surface area contributed by atoms with E-state index in [4.69, 9.17) is 16.3 Å². The number of carboxylic acid groups (broad SMARTS) is 1. The molecule has 0 aliphatic carbocycles. The normalized spacial score (nSPS) is 11.1. The molecule has 2 rings (SSSR count). The van der Waals surface area contributed by atoms with Crippen LogP contribution in [0, 0.1) is 0 Å². The number of carboxylic acids is 1. The number of benzene rings is 2. The van der Waals surface area contributed by atoms with Crippen LogP contribution < -0.4 is 10.1 Å². The molecule has 1 amide bonds. The lowest BCUT2D eigenvalue weighted by atomic mass is 10.1. The van der Waals surface area contributed by atoms with Crippen LogP contribution in [0.2, 0.25) is 5.02 Å². The first kappa shape index (κ1) is 20.6. The molecule has 0 aromatic heterocycles. The van der Waals surface area contributed by atoms with Crippen LogP contribution in [0.1, 0.15) is 34.8 Å². The number of rotatable bonds is 6. The van der Waals surface area contributed by atoms with Crippen LogP contribution >= 0.6 is 11.6 Å². The zero-order chi connectivity index (χ0) is 20.2. The predicted octanol–water partition coefficient (Wildman–Crippen LogP) is 4.98. The van der Waals surface area contributed by atoms with Gasteiger partial charge in [0.05, 0.1) is 16.8 Å². The van der Waals surface area contributed by atoms with Gasteiger partial charge in [-0.1, -0.05) is 24.6 Å². The maximum atomic E-state index is 13.1. The van der Waals surface area contributed by atoms with Gasteiger partial charge in [0.25, 0.3) is 0 Å². The van der Waals surface area contributed by atoms with Gasteiger partial charge in [0, 0.05) is 11.4 Å². The van der Waals surface area contributed by atoms with Crippen molar-refractivity contribution < 1.29 is 32.6 Å². The Hall–Kier alpha value is -2.74. The van der Waals surface area contributed by atoms with E-state index in [9.17, 15) is 27.9 Å². The minimum absolute atomic E-state index is 0.0844. The van der Waals surface area contributed by atoms with Gasteiger partial charge >= 0.3 is 12.1 Å². The van der Waals surface area contributed by atoms with E-state index < -0.39 is 23.5 Å². The molecule has 2 aromatic rings. The molecule has 0 radical (unpaired) electrons. The Morgan fingerprint density at radius 2 is 1.89 bits per heavy atom. The average Bonchev–Trinajstić information content (AvgIpc) is 2.60. The quantitative estimate of drug-likeness (QED) is 0.715. The summed E-state index contributed by atoms with van der Waals surface area (Å²) in [5.41, 5.74) is -0.795. The highest BCUT2D eigenvalue weighted by Gasteiger charge is 2.34. The van der Waals surface area contributed by atoms with Gasteiger partial charge in [-0.25, -0.2) is 4.79 Å². The summed E-state index contributed by atoms with van der Waals surface area (Å²) in [6.45, 7) is 1.31. The number of anilines is 1. The first-order chi connectivity index (χ1) is 12.6. The van der Waals surface area contributed by atoms with Gasteiger partial charge in [-0.2, -0.15) is 13.2 Å². The molecule has 2 aromatic carbocycles. The molecule has 0 spiro atoms. The highest BCUT2D eigenvalue weighted by atomic mass is 35.5. The van der Waals surface area contributed by atoms with E-state index >= 15 is 0 Å². The lowest BCUT2D eigenvalue weighted by Gasteiger charge is -2.15. The number of amides is 1. The molecule has 0 saturated heterocycles. The van der Waals surface area contributed by atoms with Gasteiger partial charge in [0.15, 0.2) is 0 Å². The van der Waals surface area contributed by atoms with E-state index in [0.717, 1.165) is 12.1 Å². The highest BCUT2D eigenvalue weighted by molar-refractivity contribution is 6.30. The van der Waals surface area contributed by atoms with Crippen molar-refractivity contribution in [2.24, 2.45) is 0 Å². The molecule has 144 valence electrons. The molecular weight excluding hydrogens is 387 g/mol. The second-order valence-corrected chi connectivity index (χ2v) is 5.95. The minimum Gasteiger partial charge on any atom is -0.488 e. The number of halogens is 4. The summed E-state index contributed by atoms with van der Waals surface area (Å²) in [5, 5.41) is 11.7. The number of carbonyl (C=O) groups is 2. The van der Waals surface area contributed by atoms with E-state index in [1.807, 2.05) is 0 Å². The van der Waals surface area contributed by atoms with Crippen molar-refractivity contribution >= 4 is 29.2 Å². The standard InChI is InChI=1S/C18H15ClF3NO4/c1-2-16(24)23-14-5-3-10(7-12(14)17(25)26)9-27-15-6-4-11(19)8-13(15)18(20,21)22/h3-8H,2,9H2,1H3,(H,23,24)(H,25,26). The van der Waals surface area contributed by atoms with Crippen molar-refractivity contribution in [2.75, 3.05) is 5.32 Å². The number of alkyl halides is 3. The molecule has 0 atom stereocenters. The van der Waals surface area contributed by atoms with Gasteiger partial charge in [-0.05, 0) is 35.9 Å². The summed E-state index contributed by atoms with van der Waals surface area (Å²) in [7, 11) is 0. The van der Waals surface area contributed by atoms with Gasteiger partial charge in [0.2, 0.25) is 5.91 Å². The Labute approximate surface area is 157 Å². The summed E-state index contributed by atoms with van der Waals surface area (Å²) >= 11 is 5.61. The SMILES string of the molecule is CCC(=O)Nc1ccc(COc2ccc(Cl)cc2C(F)(F)F)cc1C(=O)O. The smallest absolute Gasteiger partial charge is 0.420 e. The second kappa shape index (κ2) is 8.30. The summed E-state index contributed by atoms with van der Waals surface area (Å²) in [4.78, 5) is 22.9. The van der Waals surface area contributed by atoms with Crippen molar-refractivity contribution in [1.29, 1.82) is 0 Å². The van der Waals surface area contributed by atoms with Crippen LogP contribution in [0.25, 0.3) is 0 Å². The third-order valence-electron chi connectivity index (χ3n) is 3.55. The lowest BCUT2D eigenvalue weighted by Crippen LogP contribution is -2.14. The fourth-order valence-corrected chi connectivity index (χ4v) is 2.39. The fourth-order valence-electron chi connectivity index (χ4n) is 2.22.